The van der Waals surface area contributed by atoms with Gasteiger partial charge in [0, 0.05) is 12.6 Å². The molecule has 0 radical (unpaired) electrons. The van der Waals surface area contributed by atoms with E-state index in [-0.39, 0.29) is 12.6 Å². The van der Waals surface area contributed by atoms with E-state index in [4.69, 9.17) is 5.11 Å². The zero-order valence-electron chi connectivity index (χ0n) is 11.6. The van der Waals surface area contributed by atoms with Crippen LogP contribution in [0.1, 0.15) is 38.7 Å². The van der Waals surface area contributed by atoms with Crippen molar-refractivity contribution in [3.63, 3.8) is 0 Å². The van der Waals surface area contributed by atoms with Crippen LogP contribution in [0, 0.1) is 0 Å². The summed E-state index contributed by atoms with van der Waals surface area (Å²) in [4.78, 5) is 0.295. The highest BCUT2D eigenvalue weighted by atomic mass is 32.2. The summed E-state index contributed by atoms with van der Waals surface area (Å²) in [6.07, 6.45) is 3.23. The molecule has 108 valence electrons. The first-order valence-electron chi connectivity index (χ1n) is 6.71. The Kier molecular flexibility index (Phi) is 6.48. The van der Waals surface area contributed by atoms with Crippen LogP contribution in [0.4, 0.5) is 0 Å². The highest BCUT2D eigenvalue weighted by molar-refractivity contribution is 7.89. The van der Waals surface area contributed by atoms with E-state index in [1.54, 1.807) is 24.3 Å². The predicted molar refractivity (Wildman–Crippen MR) is 76.5 cm³/mol. The zero-order chi connectivity index (χ0) is 14.3. The number of aryl methyl sites for hydroxylation is 1. The standard InChI is InChI=1S/C14H23NO3S/c1-3-5-12(2)15-19(17,18)14-9-7-13(8-10-14)6-4-11-16/h7-10,12,15-16H,3-6,11H2,1-2H3. The van der Waals surface area contributed by atoms with Crippen LogP contribution >= 0.6 is 0 Å². The normalized spacial score (nSPS) is 13.4. The predicted octanol–water partition coefficient (Wildman–Crippen LogP) is 2.08. The summed E-state index contributed by atoms with van der Waals surface area (Å²) in [5, 5.41) is 8.76. The highest BCUT2D eigenvalue weighted by Crippen LogP contribution is 2.13. The molecule has 0 aromatic heterocycles. The first kappa shape index (κ1) is 16.1. The Hall–Kier alpha value is -0.910. The second-order valence-corrected chi connectivity index (χ2v) is 6.50. The van der Waals surface area contributed by atoms with Crippen LogP contribution in [0.25, 0.3) is 0 Å². The minimum Gasteiger partial charge on any atom is -0.396 e. The Labute approximate surface area is 115 Å². The van der Waals surface area contributed by atoms with Crippen LogP contribution < -0.4 is 4.72 Å². The molecule has 0 bridgehead atoms. The smallest absolute Gasteiger partial charge is 0.240 e. The molecule has 1 aromatic carbocycles. The van der Waals surface area contributed by atoms with Gasteiger partial charge in [-0.1, -0.05) is 25.5 Å². The van der Waals surface area contributed by atoms with Gasteiger partial charge in [-0.05, 0) is 43.9 Å². The van der Waals surface area contributed by atoms with Crippen LogP contribution in [0.5, 0.6) is 0 Å². The molecule has 1 rings (SSSR count). The van der Waals surface area contributed by atoms with Gasteiger partial charge in [-0.2, -0.15) is 0 Å². The fourth-order valence-electron chi connectivity index (χ4n) is 1.94. The van der Waals surface area contributed by atoms with Crippen LogP contribution in [0.2, 0.25) is 0 Å². The largest absolute Gasteiger partial charge is 0.396 e. The lowest BCUT2D eigenvalue weighted by atomic mass is 10.1. The number of aliphatic hydroxyl groups is 1. The van der Waals surface area contributed by atoms with Crippen molar-refractivity contribution in [3.05, 3.63) is 29.8 Å². The summed E-state index contributed by atoms with van der Waals surface area (Å²) in [5.74, 6) is 0. The quantitative estimate of drug-likeness (QED) is 0.768. The monoisotopic (exact) mass is 285 g/mol. The molecule has 4 nitrogen and oxygen atoms in total. The van der Waals surface area contributed by atoms with E-state index in [1.807, 2.05) is 13.8 Å². The Morgan fingerprint density at radius 3 is 2.42 bits per heavy atom. The molecular weight excluding hydrogens is 262 g/mol. The number of hydrogen-bond acceptors (Lipinski definition) is 3. The third-order valence-electron chi connectivity index (χ3n) is 2.94. The second-order valence-electron chi connectivity index (χ2n) is 4.78. The molecule has 0 aliphatic carbocycles. The molecule has 19 heavy (non-hydrogen) atoms. The number of hydrogen-bond donors (Lipinski definition) is 2. The lowest BCUT2D eigenvalue weighted by Gasteiger charge is -2.13. The van der Waals surface area contributed by atoms with Gasteiger partial charge < -0.3 is 5.11 Å². The first-order valence-corrected chi connectivity index (χ1v) is 8.20. The van der Waals surface area contributed by atoms with Gasteiger partial charge in [0.05, 0.1) is 4.90 Å². The van der Waals surface area contributed by atoms with E-state index in [0.717, 1.165) is 24.8 Å². The summed E-state index contributed by atoms with van der Waals surface area (Å²) in [6, 6.07) is 6.79. The van der Waals surface area contributed by atoms with Crippen LogP contribution in [-0.2, 0) is 16.4 Å². The molecule has 5 heteroatoms. The van der Waals surface area contributed by atoms with Gasteiger partial charge in [-0.25, -0.2) is 13.1 Å². The molecule has 0 aliphatic heterocycles. The van der Waals surface area contributed by atoms with Gasteiger partial charge in [0.15, 0.2) is 0 Å². The van der Waals surface area contributed by atoms with E-state index in [2.05, 4.69) is 4.72 Å². The molecule has 1 atom stereocenters. The van der Waals surface area contributed by atoms with Crippen molar-refractivity contribution in [1.29, 1.82) is 0 Å². The minimum absolute atomic E-state index is 0.0518. The number of nitrogens with one attached hydrogen (secondary N) is 1. The Balaban J connectivity index is 2.73. The topological polar surface area (TPSA) is 66.4 Å². The van der Waals surface area contributed by atoms with Crippen molar-refractivity contribution >= 4 is 10.0 Å². The molecular formula is C14H23NO3S. The van der Waals surface area contributed by atoms with Gasteiger partial charge in [0.2, 0.25) is 10.0 Å². The van der Waals surface area contributed by atoms with Crippen LogP contribution in [-0.4, -0.2) is 26.2 Å². The Morgan fingerprint density at radius 2 is 1.89 bits per heavy atom. The van der Waals surface area contributed by atoms with E-state index < -0.39 is 10.0 Å². The number of rotatable bonds is 8. The summed E-state index contributed by atoms with van der Waals surface area (Å²) in [7, 11) is -3.42. The Bertz CT molecular complexity index is 468. The second kappa shape index (κ2) is 7.62. The minimum atomic E-state index is -3.42. The molecule has 0 spiro atoms. The van der Waals surface area contributed by atoms with Crippen molar-refractivity contribution in [2.24, 2.45) is 0 Å². The maximum Gasteiger partial charge on any atom is 0.240 e. The third-order valence-corrected chi connectivity index (χ3v) is 4.54. The average molecular weight is 285 g/mol. The van der Waals surface area contributed by atoms with Gasteiger partial charge in [-0.3, -0.25) is 0 Å². The van der Waals surface area contributed by atoms with Crippen molar-refractivity contribution in [2.75, 3.05) is 6.61 Å². The van der Waals surface area contributed by atoms with Gasteiger partial charge in [0.25, 0.3) is 0 Å². The summed E-state index contributed by atoms with van der Waals surface area (Å²) >= 11 is 0. The fraction of sp³-hybridized carbons (Fsp3) is 0.571. The molecule has 0 heterocycles. The fourth-order valence-corrected chi connectivity index (χ4v) is 3.22. The maximum absolute atomic E-state index is 12.1. The molecule has 0 amide bonds. The highest BCUT2D eigenvalue weighted by Gasteiger charge is 2.16. The summed E-state index contributed by atoms with van der Waals surface area (Å²) in [5.41, 5.74) is 1.04. The summed E-state index contributed by atoms with van der Waals surface area (Å²) in [6.45, 7) is 4.05. The number of benzene rings is 1. The van der Waals surface area contributed by atoms with E-state index in [1.165, 1.54) is 0 Å². The van der Waals surface area contributed by atoms with E-state index in [9.17, 15) is 8.42 Å². The number of sulfonamides is 1. The van der Waals surface area contributed by atoms with E-state index >= 15 is 0 Å². The van der Waals surface area contributed by atoms with Crippen molar-refractivity contribution in [2.45, 2.75) is 50.5 Å². The van der Waals surface area contributed by atoms with Crippen molar-refractivity contribution in [1.82, 2.24) is 4.72 Å². The van der Waals surface area contributed by atoms with Crippen molar-refractivity contribution in [3.8, 4) is 0 Å². The molecule has 1 aromatic rings. The Morgan fingerprint density at radius 1 is 1.26 bits per heavy atom. The average Bonchev–Trinajstić information content (AvgIpc) is 2.36. The van der Waals surface area contributed by atoms with Gasteiger partial charge >= 0.3 is 0 Å². The van der Waals surface area contributed by atoms with Gasteiger partial charge in [-0.15, -0.1) is 0 Å². The lowest BCUT2D eigenvalue weighted by Crippen LogP contribution is -2.32. The van der Waals surface area contributed by atoms with E-state index in [0.29, 0.717) is 11.3 Å². The molecule has 1 unspecified atom stereocenters. The lowest BCUT2D eigenvalue weighted by molar-refractivity contribution is 0.288. The third kappa shape index (κ3) is 5.30. The molecule has 2 N–H and O–H groups in total. The zero-order valence-corrected chi connectivity index (χ0v) is 12.4. The van der Waals surface area contributed by atoms with Crippen LogP contribution in [0.3, 0.4) is 0 Å². The number of aliphatic hydroxyl groups excluding tert-OH is 1. The van der Waals surface area contributed by atoms with Gasteiger partial charge in [0.1, 0.15) is 0 Å². The maximum atomic E-state index is 12.1. The van der Waals surface area contributed by atoms with Crippen LogP contribution in [0.15, 0.2) is 29.2 Å². The molecule has 0 aliphatic rings. The van der Waals surface area contributed by atoms with Crippen molar-refractivity contribution < 1.29 is 13.5 Å². The molecule has 0 fully saturated rings. The first-order chi connectivity index (χ1) is 8.99. The molecule has 0 saturated heterocycles. The summed E-state index contributed by atoms with van der Waals surface area (Å²) < 4.78 is 26.9. The molecule has 0 saturated carbocycles. The SMILES string of the molecule is CCCC(C)NS(=O)(=O)c1ccc(CCCO)cc1.